The number of thiophene rings is 1. The normalized spacial score (nSPS) is 11.0. The first-order chi connectivity index (χ1) is 14.6. The largest absolute Gasteiger partial charge is 0.497 e. The van der Waals surface area contributed by atoms with Gasteiger partial charge in [-0.05, 0) is 92.0 Å². The fraction of sp³-hybridized carbons (Fsp3) is 0.0400. The summed E-state index contributed by atoms with van der Waals surface area (Å²) in [6.45, 7) is 0. The maximum atomic E-state index is 5.32. The Bertz CT molecular complexity index is 1140. The molecule has 0 atom stereocenters. The minimum absolute atomic E-state index is 0.846. The third-order valence-electron chi connectivity index (χ3n) is 4.63. The minimum atomic E-state index is 0.846. The van der Waals surface area contributed by atoms with Crippen molar-refractivity contribution in [2.75, 3.05) is 12.0 Å². The molecule has 0 aliphatic rings. The number of ether oxygens (including phenoxy) is 1. The summed E-state index contributed by atoms with van der Waals surface area (Å²) in [5.74, 6) is 0.846. The van der Waals surface area contributed by atoms with E-state index in [1.165, 1.54) is 5.56 Å². The Morgan fingerprint density at radius 1 is 0.767 bits per heavy atom. The van der Waals surface area contributed by atoms with Crippen molar-refractivity contribution in [3.8, 4) is 5.75 Å². The summed E-state index contributed by atoms with van der Waals surface area (Å²) in [6, 6.07) is 29.2. The molecule has 150 valence electrons. The van der Waals surface area contributed by atoms with E-state index in [1.54, 1.807) is 18.4 Å². The van der Waals surface area contributed by atoms with Gasteiger partial charge in [-0.15, -0.1) is 11.3 Å². The van der Waals surface area contributed by atoms with Crippen LogP contribution < -0.4 is 9.64 Å². The fourth-order valence-corrected chi connectivity index (χ4v) is 5.90. The molecule has 0 amide bonds. The monoisotopic (exact) mass is 539 g/mol. The number of nitrogens with zero attached hydrogens (tertiary/aromatic N) is 1. The first-order valence-electron chi connectivity index (χ1n) is 9.36. The molecule has 4 rings (SSSR count). The Morgan fingerprint density at radius 3 is 1.93 bits per heavy atom. The van der Waals surface area contributed by atoms with Crippen LogP contribution in [-0.2, 0) is 0 Å². The molecular formula is C25H19Br2NOS. The van der Waals surface area contributed by atoms with Gasteiger partial charge in [-0.2, -0.15) is 0 Å². The van der Waals surface area contributed by atoms with E-state index in [9.17, 15) is 0 Å². The molecule has 0 saturated carbocycles. The molecule has 5 heteroatoms. The van der Waals surface area contributed by atoms with Crippen LogP contribution in [-0.4, -0.2) is 7.11 Å². The second-order valence-corrected chi connectivity index (χ2v) is 10.3. The highest BCUT2D eigenvalue weighted by molar-refractivity contribution is 9.12. The summed E-state index contributed by atoms with van der Waals surface area (Å²) in [6.07, 6.45) is 4.25. The van der Waals surface area contributed by atoms with Crippen molar-refractivity contribution in [3.05, 3.63) is 104 Å². The second kappa shape index (κ2) is 9.65. The van der Waals surface area contributed by atoms with Crippen LogP contribution in [0.3, 0.4) is 0 Å². The van der Waals surface area contributed by atoms with Gasteiger partial charge < -0.3 is 9.64 Å². The molecule has 0 N–H and O–H groups in total. The van der Waals surface area contributed by atoms with Crippen molar-refractivity contribution in [2.24, 2.45) is 0 Å². The van der Waals surface area contributed by atoms with Gasteiger partial charge in [0.05, 0.1) is 14.7 Å². The van der Waals surface area contributed by atoms with Crippen molar-refractivity contribution in [1.29, 1.82) is 0 Å². The third kappa shape index (κ3) is 4.86. The molecule has 2 nitrogen and oxygen atoms in total. The van der Waals surface area contributed by atoms with Crippen LogP contribution in [0.2, 0.25) is 0 Å². The summed E-state index contributed by atoms with van der Waals surface area (Å²) in [7, 11) is 1.68. The first-order valence-corrected chi connectivity index (χ1v) is 11.8. The predicted octanol–water partition coefficient (Wildman–Crippen LogP) is 8.92. The van der Waals surface area contributed by atoms with Gasteiger partial charge in [-0.3, -0.25) is 0 Å². The zero-order chi connectivity index (χ0) is 20.9. The quantitative estimate of drug-likeness (QED) is 0.242. The molecule has 1 heterocycles. The van der Waals surface area contributed by atoms with Gasteiger partial charge in [0.25, 0.3) is 0 Å². The smallest absolute Gasteiger partial charge is 0.119 e. The van der Waals surface area contributed by atoms with E-state index in [-0.39, 0.29) is 0 Å². The summed E-state index contributed by atoms with van der Waals surface area (Å²) in [5, 5.41) is 0. The predicted molar refractivity (Wildman–Crippen MR) is 136 cm³/mol. The third-order valence-corrected chi connectivity index (χ3v) is 7.02. The van der Waals surface area contributed by atoms with Crippen LogP contribution >= 0.6 is 43.2 Å². The standard InChI is InChI=1S/C25H19Br2NOS/c1-29-23-15-13-22(14-16-23)28(20-5-3-2-4-6-20)21-11-8-18(9-12-21)7-10-19-17-24(26)30-25(19)27/h2-17H,1H3. The van der Waals surface area contributed by atoms with Gasteiger partial charge in [0.1, 0.15) is 5.75 Å². The Labute approximate surface area is 197 Å². The molecule has 0 radical (unpaired) electrons. The zero-order valence-electron chi connectivity index (χ0n) is 16.3. The van der Waals surface area contributed by atoms with Crippen LogP contribution in [0.25, 0.3) is 12.2 Å². The van der Waals surface area contributed by atoms with E-state index in [0.717, 1.165) is 35.9 Å². The van der Waals surface area contributed by atoms with Crippen molar-refractivity contribution in [1.82, 2.24) is 0 Å². The van der Waals surface area contributed by atoms with Crippen LogP contribution in [0.4, 0.5) is 17.1 Å². The van der Waals surface area contributed by atoms with Crippen molar-refractivity contribution < 1.29 is 4.74 Å². The van der Waals surface area contributed by atoms with Crippen LogP contribution in [0, 0.1) is 0 Å². The van der Waals surface area contributed by atoms with E-state index in [2.05, 4.69) is 116 Å². The van der Waals surface area contributed by atoms with E-state index in [4.69, 9.17) is 4.74 Å². The summed E-state index contributed by atoms with van der Waals surface area (Å²) in [4.78, 5) is 2.24. The average Bonchev–Trinajstić information content (AvgIpc) is 3.11. The SMILES string of the molecule is COc1ccc(N(c2ccccc2)c2ccc(C=Cc3cc(Br)sc3Br)cc2)cc1. The molecule has 0 spiro atoms. The highest BCUT2D eigenvalue weighted by atomic mass is 79.9. The second-order valence-electron chi connectivity index (χ2n) is 6.57. The van der Waals surface area contributed by atoms with Crippen LogP contribution in [0.5, 0.6) is 5.75 Å². The van der Waals surface area contributed by atoms with Gasteiger partial charge in [0.2, 0.25) is 0 Å². The van der Waals surface area contributed by atoms with Crippen molar-refractivity contribution in [2.45, 2.75) is 0 Å². The molecule has 0 saturated heterocycles. The van der Waals surface area contributed by atoms with Gasteiger partial charge >= 0.3 is 0 Å². The molecule has 1 aromatic heterocycles. The number of hydrogen-bond acceptors (Lipinski definition) is 3. The number of anilines is 3. The molecule has 3 aromatic carbocycles. The van der Waals surface area contributed by atoms with Crippen molar-refractivity contribution >= 4 is 72.4 Å². The number of halogens is 2. The molecule has 4 aromatic rings. The lowest BCUT2D eigenvalue weighted by atomic mass is 10.1. The van der Waals surface area contributed by atoms with Gasteiger partial charge in [0, 0.05) is 22.6 Å². The van der Waals surface area contributed by atoms with Crippen molar-refractivity contribution in [3.63, 3.8) is 0 Å². The van der Waals surface area contributed by atoms with Gasteiger partial charge in [0.15, 0.2) is 0 Å². The highest BCUT2D eigenvalue weighted by Gasteiger charge is 2.12. The lowest BCUT2D eigenvalue weighted by Crippen LogP contribution is -2.09. The highest BCUT2D eigenvalue weighted by Crippen LogP contribution is 2.36. The number of para-hydroxylation sites is 1. The van der Waals surface area contributed by atoms with Crippen LogP contribution in [0.1, 0.15) is 11.1 Å². The van der Waals surface area contributed by atoms with Crippen LogP contribution in [0.15, 0.2) is 92.5 Å². The molecule has 0 aliphatic carbocycles. The lowest BCUT2D eigenvalue weighted by Gasteiger charge is -2.25. The van der Waals surface area contributed by atoms with E-state index in [1.807, 2.05) is 18.2 Å². The molecule has 0 aliphatic heterocycles. The maximum Gasteiger partial charge on any atom is 0.119 e. The summed E-state index contributed by atoms with van der Waals surface area (Å²) in [5.41, 5.74) is 5.61. The number of rotatable bonds is 6. The number of benzene rings is 3. The van der Waals surface area contributed by atoms with E-state index < -0.39 is 0 Å². The van der Waals surface area contributed by atoms with E-state index in [0.29, 0.717) is 0 Å². The fourth-order valence-electron chi connectivity index (χ4n) is 3.14. The minimum Gasteiger partial charge on any atom is -0.497 e. The van der Waals surface area contributed by atoms with E-state index >= 15 is 0 Å². The summed E-state index contributed by atoms with van der Waals surface area (Å²) >= 11 is 8.81. The Kier molecular flexibility index (Phi) is 6.72. The summed E-state index contributed by atoms with van der Waals surface area (Å²) < 4.78 is 7.55. The first kappa shape index (κ1) is 20.9. The molecule has 0 unspecified atom stereocenters. The average molecular weight is 541 g/mol. The molecule has 0 fully saturated rings. The lowest BCUT2D eigenvalue weighted by molar-refractivity contribution is 0.415. The topological polar surface area (TPSA) is 12.5 Å². The number of methoxy groups -OCH3 is 1. The molecule has 30 heavy (non-hydrogen) atoms. The Balaban J connectivity index is 1.64. The zero-order valence-corrected chi connectivity index (χ0v) is 20.2. The van der Waals surface area contributed by atoms with Gasteiger partial charge in [-0.25, -0.2) is 0 Å². The van der Waals surface area contributed by atoms with Gasteiger partial charge in [-0.1, -0.05) is 42.5 Å². The molecular weight excluding hydrogens is 522 g/mol. The Morgan fingerprint density at radius 2 is 1.37 bits per heavy atom. The number of hydrogen-bond donors (Lipinski definition) is 0. The molecule has 0 bridgehead atoms. The Hall–Kier alpha value is -2.34. The maximum absolute atomic E-state index is 5.32.